The Bertz CT molecular complexity index is 1090. The Kier molecular flexibility index (Phi) is 12.8. The van der Waals surface area contributed by atoms with Crippen LogP contribution in [0.1, 0.15) is 52.2 Å². The van der Waals surface area contributed by atoms with Gasteiger partial charge in [-0.25, -0.2) is 14.4 Å². The zero-order valence-electron chi connectivity index (χ0n) is 22.2. The van der Waals surface area contributed by atoms with Crippen LogP contribution in [-0.2, 0) is 14.2 Å². The van der Waals surface area contributed by atoms with Gasteiger partial charge in [-0.3, -0.25) is 4.90 Å². The Morgan fingerprint density at radius 2 is 0.900 bits per heavy atom. The molecule has 3 N–H and O–H groups in total. The van der Waals surface area contributed by atoms with Crippen molar-refractivity contribution in [2.45, 2.75) is 20.8 Å². The average Bonchev–Trinajstić information content (AvgIpc) is 3.70. The van der Waals surface area contributed by atoms with Crippen LogP contribution >= 0.6 is 34.6 Å². The lowest BCUT2D eigenvalue weighted by Crippen LogP contribution is -2.36. The van der Waals surface area contributed by atoms with Crippen molar-refractivity contribution in [2.24, 2.45) is 0 Å². The van der Waals surface area contributed by atoms with E-state index in [9.17, 15) is 14.4 Å². The monoisotopic (exact) mass is 614 g/mol. The summed E-state index contributed by atoms with van der Waals surface area (Å²) in [5.41, 5.74) is 0.445. The Balaban J connectivity index is 1.58. The third kappa shape index (κ3) is 9.00. The fraction of sp³-hybridized carbons (Fsp3) is 0.571. The van der Waals surface area contributed by atoms with Gasteiger partial charge >= 0.3 is 17.9 Å². The van der Waals surface area contributed by atoms with Gasteiger partial charge in [0.1, 0.15) is 15.0 Å². The standard InChI is InChI=1S/C21H30N10O6S3/c1-4-35-19(32)13-16(38-28-25-13)22-7-10-31(11-8-23-17-14(26-29-39-17)20(33)36-5-2)12-9-24-18-15(27-30-40-18)21(34)37-6-3/h22-24H,4-12H2,1-3H3. The van der Waals surface area contributed by atoms with Crippen molar-refractivity contribution in [1.82, 2.24) is 33.7 Å². The fourth-order valence-corrected chi connectivity index (χ4v) is 4.98. The topological polar surface area (TPSA) is 196 Å². The van der Waals surface area contributed by atoms with Crippen LogP contribution in [0.4, 0.5) is 15.0 Å². The predicted octanol–water partition coefficient (Wildman–Crippen LogP) is 1.71. The molecule has 16 nitrogen and oxygen atoms in total. The van der Waals surface area contributed by atoms with Crippen molar-refractivity contribution in [1.29, 1.82) is 0 Å². The van der Waals surface area contributed by atoms with Crippen LogP contribution in [0, 0.1) is 0 Å². The molecule has 3 aromatic heterocycles. The van der Waals surface area contributed by atoms with Crippen LogP contribution in [0.3, 0.4) is 0 Å². The molecule has 40 heavy (non-hydrogen) atoms. The van der Waals surface area contributed by atoms with Crippen molar-refractivity contribution in [2.75, 3.05) is 75.0 Å². The van der Waals surface area contributed by atoms with Crippen LogP contribution in [-0.4, -0.2) is 111 Å². The van der Waals surface area contributed by atoms with Gasteiger partial charge in [-0.15, -0.1) is 15.3 Å². The lowest BCUT2D eigenvalue weighted by molar-refractivity contribution is 0.0511. The second-order valence-corrected chi connectivity index (χ2v) is 9.90. The minimum absolute atomic E-state index is 0.148. The van der Waals surface area contributed by atoms with Crippen LogP contribution < -0.4 is 16.0 Å². The van der Waals surface area contributed by atoms with Crippen molar-refractivity contribution in [3.05, 3.63) is 17.1 Å². The minimum atomic E-state index is -0.532. The number of aromatic nitrogens is 6. The van der Waals surface area contributed by atoms with Crippen LogP contribution in [0.5, 0.6) is 0 Å². The number of ether oxygens (including phenoxy) is 3. The highest BCUT2D eigenvalue weighted by Gasteiger charge is 2.20. The third-order valence-corrected chi connectivity index (χ3v) is 7.06. The summed E-state index contributed by atoms with van der Waals surface area (Å²) in [7, 11) is 0. The van der Waals surface area contributed by atoms with E-state index < -0.39 is 17.9 Å². The highest BCUT2D eigenvalue weighted by molar-refractivity contribution is 7.10. The maximum Gasteiger partial charge on any atom is 0.362 e. The van der Waals surface area contributed by atoms with E-state index in [4.69, 9.17) is 14.2 Å². The molecular weight excluding hydrogens is 584 g/mol. The number of rotatable bonds is 18. The molecule has 0 spiro atoms. The molecule has 0 atom stereocenters. The molecule has 19 heteroatoms. The van der Waals surface area contributed by atoms with Gasteiger partial charge in [0.2, 0.25) is 17.1 Å². The van der Waals surface area contributed by atoms with Gasteiger partial charge in [-0.05, 0) is 20.8 Å². The van der Waals surface area contributed by atoms with Crippen molar-refractivity contribution >= 4 is 67.5 Å². The quantitative estimate of drug-likeness (QED) is 0.138. The first-order chi connectivity index (χ1) is 19.5. The van der Waals surface area contributed by atoms with E-state index >= 15 is 0 Å². The summed E-state index contributed by atoms with van der Waals surface area (Å²) >= 11 is 3.23. The van der Waals surface area contributed by atoms with Gasteiger partial charge < -0.3 is 30.2 Å². The fourth-order valence-electron chi connectivity index (χ4n) is 3.24. The number of anilines is 3. The molecule has 0 saturated heterocycles. The Morgan fingerprint density at radius 1 is 0.600 bits per heavy atom. The van der Waals surface area contributed by atoms with Gasteiger partial charge in [0.25, 0.3) is 0 Å². The van der Waals surface area contributed by atoms with E-state index in [1.807, 2.05) is 0 Å². The van der Waals surface area contributed by atoms with Gasteiger partial charge in [0.15, 0.2) is 0 Å². The number of carbonyl (C=O) groups is 3. The third-order valence-electron chi connectivity index (χ3n) is 5.01. The number of nitrogens with zero attached hydrogens (tertiary/aromatic N) is 7. The first kappa shape index (κ1) is 31.0. The van der Waals surface area contributed by atoms with E-state index in [0.717, 1.165) is 34.6 Å². The lowest BCUT2D eigenvalue weighted by atomic mass is 10.4. The number of hydrogen-bond donors (Lipinski definition) is 3. The summed E-state index contributed by atoms with van der Waals surface area (Å²) in [6, 6.07) is 0. The molecule has 3 aromatic rings. The summed E-state index contributed by atoms with van der Waals surface area (Å²) in [6.45, 7) is 9.11. The Hall–Kier alpha value is -3.55. The molecule has 0 bridgehead atoms. The van der Waals surface area contributed by atoms with E-state index in [1.54, 1.807) is 20.8 Å². The second-order valence-electron chi connectivity index (χ2n) is 7.64. The molecule has 3 rings (SSSR count). The van der Waals surface area contributed by atoms with Crippen LogP contribution in [0.2, 0.25) is 0 Å². The van der Waals surface area contributed by atoms with Crippen LogP contribution in [0.25, 0.3) is 0 Å². The first-order valence-corrected chi connectivity index (χ1v) is 14.7. The van der Waals surface area contributed by atoms with Crippen molar-refractivity contribution in [3.8, 4) is 0 Å². The number of nitrogens with one attached hydrogen (secondary N) is 3. The molecule has 3 heterocycles. The summed E-state index contributed by atoms with van der Waals surface area (Å²) in [5, 5.41) is 22.8. The molecule has 0 fully saturated rings. The Labute approximate surface area is 242 Å². The molecule has 0 aliphatic carbocycles. The lowest BCUT2D eigenvalue weighted by Gasteiger charge is -2.23. The number of hydrogen-bond acceptors (Lipinski definition) is 19. The average molecular weight is 615 g/mol. The second kappa shape index (κ2) is 16.5. The molecule has 0 amide bonds. The van der Waals surface area contributed by atoms with Gasteiger partial charge in [0.05, 0.1) is 19.8 Å². The molecule has 0 saturated carbocycles. The molecule has 0 aromatic carbocycles. The van der Waals surface area contributed by atoms with Crippen molar-refractivity contribution in [3.63, 3.8) is 0 Å². The number of carbonyl (C=O) groups excluding carboxylic acids is 3. The zero-order chi connectivity index (χ0) is 28.7. The molecule has 0 aliphatic rings. The molecule has 218 valence electrons. The van der Waals surface area contributed by atoms with E-state index in [-0.39, 0.29) is 36.9 Å². The van der Waals surface area contributed by atoms with Gasteiger partial charge in [0, 0.05) is 73.9 Å². The summed E-state index contributed by atoms with van der Waals surface area (Å²) in [6.07, 6.45) is 0. The smallest absolute Gasteiger partial charge is 0.362 e. The Morgan fingerprint density at radius 3 is 1.18 bits per heavy atom. The maximum atomic E-state index is 12.1. The minimum Gasteiger partial charge on any atom is -0.461 e. The van der Waals surface area contributed by atoms with E-state index in [2.05, 4.69) is 49.6 Å². The zero-order valence-corrected chi connectivity index (χ0v) is 24.6. The SMILES string of the molecule is CCOC(=O)c1nnsc1NCCN(CCNc1snnc1C(=O)OCC)CCNc1snnc1C(=O)OCC. The normalized spacial score (nSPS) is 10.8. The summed E-state index contributed by atoms with van der Waals surface area (Å²) in [5.74, 6) is -1.60. The van der Waals surface area contributed by atoms with Crippen molar-refractivity contribution < 1.29 is 28.6 Å². The summed E-state index contributed by atoms with van der Waals surface area (Å²) in [4.78, 5) is 38.4. The highest BCUT2D eigenvalue weighted by Crippen LogP contribution is 2.20. The highest BCUT2D eigenvalue weighted by atomic mass is 32.1. The first-order valence-electron chi connectivity index (χ1n) is 12.4. The van der Waals surface area contributed by atoms with E-state index in [0.29, 0.717) is 54.3 Å². The largest absolute Gasteiger partial charge is 0.461 e. The van der Waals surface area contributed by atoms with E-state index in [1.165, 1.54) is 0 Å². The number of esters is 3. The molecule has 0 unspecified atom stereocenters. The van der Waals surface area contributed by atoms with Crippen LogP contribution in [0.15, 0.2) is 0 Å². The maximum absolute atomic E-state index is 12.1. The summed E-state index contributed by atoms with van der Waals surface area (Å²) < 4.78 is 26.6. The van der Waals surface area contributed by atoms with Gasteiger partial charge in [-0.2, -0.15) is 0 Å². The predicted molar refractivity (Wildman–Crippen MR) is 150 cm³/mol. The molecular formula is C21H30N10O6S3. The molecule has 0 radical (unpaired) electrons. The molecule has 0 aliphatic heterocycles. The van der Waals surface area contributed by atoms with Gasteiger partial charge in [-0.1, -0.05) is 13.5 Å².